The summed E-state index contributed by atoms with van der Waals surface area (Å²) in [4.78, 5) is 4.58. The molecule has 6 heteroatoms. The second kappa shape index (κ2) is 6.45. The first kappa shape index (κ1) is 16.2. The van der Waals surface area contributed by atoms with E-state index >= 15 is 0 Å². The van der Waals surface area contributed by atoms with Gasteiger partial charge in [0.2, 0.25) is 10.0 Å². The quantitative estimate of drug-likeness (QED) is 0.864. The Kier molecular flexibility index (Phi) is 4.55. The van der Waals surface area contributed by atoms with Crippen LogP contribution in [0.3, 0.4) is 0 Å². The molecule has 1 aromatic heterocycles. The lowest BCUT2D eigenvalue weighted by Crippen LogP contribution is -2.40. The summed E-state index contributed by atoms with van der Waals surface area (Å²) >= 11 is 0. The van der Waals surface area contributed by atoms with Crippen LogP contribution in [-0.4, -0.2) is 41.1 Å². The lowest BCUT2D eigenvalue weighted by atomic mass is 10.1. The van der Waals surface area contributed by atoms with Crippen molar-refractivity contribution in [3.63, 3.8) is 0 Å². The first-order chi connectivity index (χ1) is 11.0. The SMILES string of the molecule is CCS(=O)(=O)N1CCC(n2c(C)cnc2-c2ccccc2)CC1. The second-order valence-electron chi connectivity index (χ2n) is 5.99. The van der Waals surface area contributed by atoms with Gasteiger partial charge >= 0.3 is 0 Å². The molecule has 0 spiro atoms. The number of aromatic nitrogens is 2. The lowest BCUT2D eigenvalue weighted by Gasteiger charge is -2.33. The monoisotopic (exact) mass is 333 g/mol. The number of imidazole rings is 1. The van der Waals surface area contributed by atoms with Crippen LogP contribution in [0.2, 0.25) is 0 Å². The first-order valence-corrected chi connectivity index (χ1v) is 9.71. The van der Waals surface area contributed by atoms with E-state index in [2.05, 4.69) is 28.6 Å². The molecule has 0 unspecified atom stereocenters. The third-order valence-corrected chi connectivity index (χ3v) is 6.44. The minimum Gasteiger partial charge on any atom is -0.325 e. The van der Waals surface area contributed by atoms with Gasteiger partial charge in [0.05, 0.1) is 5.75 Å². The minimum absolute atomic E-state index is 0.178. The number of nitrogens with zero attached hydrogens (tertiary/aromatic N) is 3. The average Bonchev–Trinajstić information content (AvgIpc) is 2.97. The van der Waals surface area contributed by atoms with Crippen LogP contribution in [0.15, 0.2) is 36.5 Å². The van der Waals surface area contributed by atoms with Crippen LogP contribution in [0.5, 0.6) is 0 Å². The molecule has 124 valence electrons. The molecular formula is C17H23N3O2S. The van der Waals surface area contributed by atoms with Crippen LogP contribution >= 0.6 is 0 Å². The predicted octanol–water partition coefficient (Wildman–Crippen LogP) is 2.85. The molecule has 0 atom stereocenters. The van der Waals surface area contributed by atoms with Gasteiger partial charge in [0.25, 0.3) is 0 Å². The fourth-order valence-corrected chi connectivity index (χ4v) is 4.40. The summed E-state index contributed by atoms with van der Waals surface area (Å²) in [5.74, 6) is 1.15. The van der Waals surface area contributed by atoms with Crippen molar-refractivity contribution < 1.29 is 8.42 Å². The highest BCUT2D eigenvalue weighted by Gasteiger charge is 2.29. The summed E-state index contributed by atoms with van der Waals surface area (Å²) < 4.78 is 27.9. The second-order valence-corrected chi connectivity index (χ2v) is 8.25. The number of hydrogen-bond acceptors (Lipinski definition) is 3. The van der Waals surface area contributed by atoms with E-state index in [1.165, 1.54) is 0 Å². The number of hydrogen-bond donors (Lipinski definition) is 0. The van der Waals surface area contributed by atoms with E-state index in [1.54, 1.807) is 11.2 Å². The van der Waals surface area contributed by atoms with Gasteiger partial charge in [-0.3, -0.25) is 0 Å². The Morgan fingerprint density at radius 2 is 1.83 bits per heavy atom. The van der Waals surface area contributed by atoms with E-state index in [0.29, 0.717) is 19.1 Å². The van der Waals surface area contributed by atoms with E-state index < -0.39 is 10.0 Å². The third-order valence-electron chi connectivity index (χ3n) is 4.56. The van der Waals surface area contributed by atoms with Gasteiger partial charge in [-0.1, -0.05) is 30.3 Å². The normalized spacial score (nSPS) is 17.5. The van der Waals surface area contributed by atoms with E-state index in [1.807, 2.05) is 24.4 Å². The highest BCUT2D eigenvalue weighted by Crippen LogP contribution is 2.30. The summed E-state index contributed by atoms with van der Waals surface area (Å²) in [5, 5.41) is 0. The van der Waals surface area contributed by atoms with E-state index in [0.717, 1.165) is 29.9 Å². The smallest absolute Gasteiger partial charge is 0.213 e. The number of piperidine rings is 1. The molecule has 0 N–H and O–H groups in total. The number of rotatable bonds is 4. The summed E-state index contributed by atoms with van der Waals surface area (Å²) in [6, 6.07) is 10.5. The van der Waals surface area contributed by atoms with Crippen LogP contribution in [0, 0.1) is 6.92 Å². The Morgan fingerprint density at radius 1 is 1.17 bits per heavy atom. The van der Waals surface area contributed by atoms with Gasteiger partial charge in [0.15, 0.2) is 0 Å². The summed E-state index contributed by atoms with van der Waals surface area (Å²) in [6.07, 6.45) is 3.56. The van der Waals surface area contributed by atoms with Crippen LogP contribution < -0.4 is 0 Å². The van der Waals surface area contributed by atoms with Gasteiger partial charge in [-0.25, -0.2) is 17.7 Å². The fraction of sp³-hybridized carbons (Fsp3) is 0.471. The summed E-state index contributed by atoms with van der Waals surface area (Å²) in [6.45, 7) is 4.95. The molecule has 5 nitrogen and oxygen atoms in total. The van der Waals surface area contributed by atoms with Gasteiger partial charge < -0.3 is 4.57 Å². The maximum atomic E-state index is 12.0. The maximum Gasteiger partial charge on any atom is 0.213 e. The largest absolute Gasteiger partial charge is 0.325 e. The van der Waals surface area contributed by atoms with Gasteiger partial charge in [0.1, 0.15) is 5.82 Å². The Labute approximate surface area is 138 Å². The van der Waals surface area contributed by atoms with Crippen molar-refractivity contribution in [3.8, 4) is 11.4 Å². The van der Waals surface area contributed by atoms with E-state index in [9.17, 15) is 8.42 Å². The van der Waals surface area contributed by atoms with Crippen molar-refractivity contribution in [1.29, 1.82) is 0 Å². The Balaban J connectivity index is 1.83. The molecule has 0 amide bonds. The number of benzene rings is 1. The zero-order valence-electron chi connectivity index (χ0n) is 13.6. The van der Waals surface area contributed by atoms with E-state index in [-0.39, 0.29) is 5.75 Å². The van der Waals surface area contributed by atoms with Crippen molar-refractivity contribution in [2.75, 3.05) is 18.8 Å². The Hall–Kier alpha value is -1.66. The third kappa shape index (κ3) is 3.19. The van der Waals surface area contributed by atoms with Crippen molar-refractivity contribution >= 4 is 10.0 Å². The first-order valence-electron chi connectivity index (χ1n) is 8.10. The minimum atomic E-state index is -3.08. The predicted molar refractivity (Wildman–Crippen MR) is 91.7 cm³/mol. The topological polar surface area (TPSA) is 55.2 Å². The molecule has 2 heterocycles. The molecule has 1 aliphatic heterocycles. The van der Waals surface area contributed by atoms with Gasteiger partial charge in [-0.15, -0.1) is 0 Å². The highest BCUT2D eigenvalue weighted by atomic mass is 32.2. The van der Waals surface area contributed by atoms with Crippen LogP contribution in [0.25, 0.3) is 11.4 Å². The van der Waals surface area contributed by atoms with Crippen molar-refractivity contribution in [3.05, 3.63) is 42.2 Å². The molecule has 3 rings (SSSR count). The number of sulfonamides is 1. The van der Waals surface area contributed by atoms with Crippen LogP contribution in [0.4, 0.5) is 0 Å². The standard InChI is InChI=1S/C17H23N3O2S/c1-3-23(21,22)19-11-9-16(10-12-19)20-14(2)13-18-17(20)15-7-5-4-6-8-15/h4-8,13,16H,3,9-12H2,1-2H3. The summed E-state index contributed by atoms with van der Waals surface area (Å²) in [7, 11) is -3.08. The molecule has 0 radical (unpaired) electrons. The average molecular weight is 333 g/mol. The van der Waals surface area contributed by atoms with Crippen LogP contribution in [0.1, 0.15) is 31.5 Å². The molecular weight excluding hydrogens is 310 g/mol. The maximum absolute atomic E-state index is 12.0. The zero-order valence-corrected chi connectivity index (χ0v) is 14.5. The molecule has 0 aliphatic carbocycles. The van der Waals surface area contributed by atoms with Gasteiger partial charge in [0, 0.05) is 36.6 Å². The molecule has 1 saturated heterocycles. The van der Waals surface area contributed by atoms with Crippen molar-refractivity contribution in [2.24, 2.45) is 0 Å². The molecule has 1 fully saturated rings. The van der Waals surface area contributed by atoms with Gasteiger partial charge in [-0.05, 0) is 26.7 Å². The van der Waals surface area contributed by atoms with Crippen molar-refractivity contribution in [2.45, 2.75) is 32.7 Å². The molecule has 0 bridgehead atoms. The highest BCUT2D eigenvalue weighted by molar-refractivity contribution is 7.89. The van der Waals surface area contributed by atoms with Crippen LogP contribution in [-0.2, 0) is 10.0 Å². The fourth-order valence-electron chi connectivity index (χ4n) is 3.27. The lowest BCUT2D eigenvalue weighted by molar-refractivity contribution is 0.273. The zero-order chi connectivity index (χ0) is 16.4. The molecule has 0 saturated carbocycles. The molecule has 2 aromatic rings. The molecule has 1 aliphatic rings. The number of aryl methyl sites for hydroxylation is 1. The van der Waals surface area contributed by atoms with Crippen molar-refractivity contribution in [1.82, 2.24) is 13.9 Å². The molecule has 1 aromatic carbocycles. The Bertz CT molecular complexity index is 760. The van der Waals surface area contributed by atoms with E-state index in [4.69, 9.17) is 0 Å². The molecule has 23 heavy (non-hydrogen) atoms. The Morgan fingerprint density at radius 3 is 2.43 bits per heavy atom. The summed E-state index contributed by atoms with van der Waals surface area (Å²) in [5.41, 5.74) is 2.23. The van der Waals surface area contributed by atoms with Gasteiger partial charge in [-0.2, -0.15) is 0 Å².